The van der Waals surface area contributed by atoms with Crippen LogP contribution in [0, 0.1) is 6.92 Å². The monoisotopic (exact) mass is 324 g/mol. The summed E-state index contributed by atoms with van der Waals surface area (Å²) in [6, 6.07) is 11.5. The highest BCUT2D eigenvalue weighted by Crippen LogP contribution is 2.24. The Bertz CT molecular complexity index is 1070. The number of nitrogens with one attached hydrogen (secondary N) is 2. The summed E-state index contributed by atoms with van der Waals surface area (Å²) in [7, 11) is 2.04. The van der Waals surface area contributed by atoms with Gasteiger partial charge in [-0.05, 0) is 31.2 Å². The lowest BCUT2D eigenvalue weighted by Crippen LogP contribution is -3.06. The van der Waals surface area contributed by atoms with Crippen LogP contribution < -0.4 is 10.5 Å². The van der Waals surface area contributed by atoms with Crippen LogP contribution in [0.4, 0.5) is 0 Å². The first-order chi connectivity index (χ1) is 11.6. The van der Waals surface area contributed by atoms with E-state index in [0.717, 1.165) is 23.5 Å². The van der Waals surface area contributed by atoms with Gasteiger partial charge in [-0.25, -0.2) is 4.98 Å². The molecule has 1 atom stereocenters. The van der Waals surface area contributed by atoms with E-state index < -0.39 is 0 Å². The summed E-state index contributed by atoms with van der Waals surface area (Å²) in [5, 5.41) is 0.860. The highest BCUT2D eigenvalue weighted by molar-refractivity contribution is 6.01. The summed E-state index contributed by atoms with van der Waals surface area (Å²) in [4.78, 5) is 20.9. The molecule has 0 saturated carbocycles. The van der Waals surface area contributed by atoms with Crippen molar-refractivity contribution in [1.29, 1.82) is 0 Å². The van der Waals surface area contributed by atoms with E-state index in [9.17, 15) is 4.79 Å². The van der Waals surface area contributed by atoms with Gasteiger partial charge in [-0.1, -0.05) is 12.1 Å². The molecule has 6 heteroatoms. The fourth-order valence-electron chi connectivity index (χ4n) is 2.96. The standard InChI is InChI=1S/C18H17N3O3/c1-11-7-8-12(23-11)9-21(2)10-15-19-16-13-5-3-4-6-14(13)24-17(16)18(22)20-15/h3-8H,9-10H2,1-2H3,(H,19,20,22)/p+1. The fraction of sp³-hybridized carbons (Fsp3) is 0.222. The minimum atomic E-state index is -0.243. The molecule has 0 aliphatic carbocycles. The molecule has 4 rings (SSSR count). The van der Waals surface area contributed by atoms with Crippen LogP contribution in [0.2, 0.25) is 0 Å². The van der Waals surface area contributed by atoms with Crippen molar-refractivity contribution in [3.05, 3.63) is 64.1 Å². The molecule has 4 aromatic rings. The van der Waals surface area contributed by atoms with E-state index in [1.165, 1.54) is 4.90 Å². The molecule has 0 bridgehead atoms. The zero-order valence-corrected chi connectivity index (χ0v) is 13.6. The molecule has 3 aromatic heterocycles. The number of hydrogen-bond acceptors (Lipinski definition) is 4. The Hall–Kier alpha value is -2.86. The maximum absolute atomic E-state index is 12.3. The van der Waals surface area contributed by atoms with Crippen LogP contribution in [-0.2, 0) is 13.1 Å². The molecule has 3 heterocycles. The van der Waals surface area contributed by atoms with Crippen LogP contribution in [0.5, 0.6) is 0 Å². The van der Waals surface area contributed by atoms with Crippen molar-refractivity contribution in [2.45, 2.75) is 20.0 Å². The van der Waals surface area contributed by atoms with Crippen LogP contribution in [-0.4, -0.2) is 17.0 Å². The summed E-state index contributed by atoms with van der Waals surface area (Å²) in [6.07, 6.45) is 0. The summed E-state index contributed by atoms with van der Waals surface area (Å²) < 4.78 is 11.2. The van der Waals surface area contributed by atoms with Crippen LogP contribution in [0.25, 0.3) is 22.1 Å². The van der Waals surface area contributed by atoms with E-state index in [4.69, 9.17) is 8.83 Å². The molecule has 0 radical (unpaired) electrons. The van der Waals surface area contributed by atoms with E-state index in [1.54, 1.807) is 0 Å². The Morgan fingerprint density at radius 2 is 1.96 bits per heavy atom. The number of furan rings is 2. The molecule has 0 saturated heterocycles. The number of para-hydroxylation sites is 1. The van der Waals surface area contributed by atoms with Crippen molar-refractivity contribution in [2.75, 3.05) is 7.05 Å². The first kappa shape index (κ1) is 14.7. The SMILES string of the molecule is Cc1ccc(C[NH+](C)Cc2nc3c(oc4ccccc43)c(=O)[nH]2)o1. The Morgan fingerprint density at radius 3 is 2.75 bits per heavy atom. The summed E-state index contributed by atoms with van der Waals surface area (Å²) in [6.45, 7) is 3.24. The summed E-state index contributed by atoms with van der Waals surface area (Å²) >= 11 is 0. The maximum atomic E-state index is 12.3. The number of nitrogens with zero attached hydrogens (tertiary/aromatic N) is 1. The topological polar surface area (TPSA) is 76.5 Å². The number of aryl methyl sites for hydroxylation is 1. The second-order valence-electron chi connectivity index (χ2n) is 6.11. The number of benzene rings is 1. The molecule has 6 nitrogen and oxygen atoms in total. The first-order valence-corrected chi connectivity index (χ1v) is 7.87. The van der Waals surface area contributed by atoms with Crippen LogP contribution >= 0.6 is 0 Å². The van der Waals surface area contributed by atoms with E-state index in [-0.39, 0.29) is 11.1 Å². The maximum Gasteiger partial charge on any atom is 0.294 e. The molecule has 0 fully saturated rings. The number of rotatable bonds is 4. The number of fused-ring (bicyclic) bond motifs is 3. The minimum absolute atomic E-state index is 0.243. The molecule has 1 unspecified atom stereocenters. The molecule has 122 valence electrons. The van der Waals surface area contributed by atoms with Crippen LogP contribution in [0.1, 0.15) is 17.3 Å². The van der Waals surface area contributed by atoms with Gasteiger partial charge in [-0.15, -0.1) is 0 Å². The third-order valence-corrected chi connectivity index (χ3v) is 4.02. The molecule has 24 heavy (non-hydrogen) atoms. The Labute approximate surface area is 137 Å². The molecule has 1 aromatic carbocycles. The lowest BCUT2D eigenvalue weighted by atomic mass is 10.2. The molecular weight excluding hydrogens is 306 g/mol. The molecule has 0 amide bonds. The number of H-pyrrole nitrogens is 1. The third-order valence-electron chi connectivity index (χ3n) is 4.02. The smallest absolute Gasteiger partial charge is 0.294 e. The van der Waals surface area contributed by atoms with Gasteiger partial charge >= 0.3 is 0 Å². The van der Waals surface area contributed by atoms with E-state index in [1.807, 2.05) is 50.4 Å². The van der Waals surface area contributed by atoms with Gasteiger partial charge in [-0.3, -0.25) is 4.79 Å². The Balaban J connectivity index is 1.66. The highest BCUT2D eigenvalue weighted by Gasteiger charge is 2.15. The second-order valence-corrected chi connectivity index (χ2v) is 6.11. The average Bonchev–Trinajstić information content (AvgIpc) is 3.11. The van der Waals surface area contributed by atoms with Gasteiger partial charge in [0.15, 0.2) is 11.6 Å². The van der Waals surface area contributed by atoms with Crippen LogP contribution in [0.3, 0.4) is 0 Å². The molecule has 0 aliphatic rings. The number of hydrogen-bond donors (Lipinski definition) is 2. The third kappa shape index (κ3) is 2.61. The van der Waals surface area contributed by atoms with E-state index in [0.29, 0.717) is 23.5 Å². The largest absolute Gasteiger partial charge is 0.460 e. The van der Waals surface area contributed by atoms with Gasteiger partial charge in [0.1, 0.15) is 29.9 Å². The Morgan fingerprint density at radius 1 is 1.12 bits per heavy atom. The van der Waals surface area contributed by atoms with Gasteiger partial charge in [0.2, 0.25) is 5.58 Å². The van der Waals surface area contributed by atoms with Crippen molar-refractivity contribution in [2.24, 2.45) is 0 Å². The molecular formula is C18H18N3O3+. The lowest BCUT2D eigenvalue weighted by Gasteiger charge is -2.11. The van der Waals surface area contributed by atoms with Crippen LogP contribution in [0.15, 0.2) is 50.0 Å². The summed E-state index contributed by atoms with van der Waals surface area (Å²) in [5.74, 6) is 2.46. The number of aromatic amines is 1. The predicted octanol–water partition coefficient (Wildman–Crippen LogP) is 1.79. The van der Waals surface area contributed by atoms with E-state index >= 15 is 0 Å². The molecule has 0 aliphatic heterocycles. The van der Waals surface area contributed by atoms with Gasteiger partial charge < -0.3 is 18.7 Å². The van der Waals surface area contributed by atoms with Crippen molar-refractivity contribution in [1.82, 2.24) is 9.97 Å². The van der Waals surface area contributed by atoms with Crippen molar-refractivity contribution >= 4 is 22.1 Å². The van der Waals surface area contributed by atoms with Crippen molar-refractivity contribution in [3.63, 3.8) is 0 Å². The minimum Gasteiger partial charge on any atom is -0.460 e. The van der Waals surface area contributed by atoms with Crippen molar-refractivity contribution in [3.8, 4) is 0 Å². The highest BCUT2D eigenvalue weighted by atomic mass is 16.3. The quantitative estimate of drug-likeness (QED) is 0.600. The predicted molar refractivity (Wildman–Crippen MR) is 89.9 cm³/mol. The van der Waals surface area contributed by atoms with Gasteiger partial charge in [-0.2, -0.15) is 0 Å². The average molecular weight is 324 g/mol. The molecule has 2 N–H and O–H groups in total. The number of quaternary nitrogens is 1. The first-order valence-electron chi connectivity index (χ1n) is 7.87. The number of aromatic nitrogens is 2. The van der Waals surface area contributed by atoms with Gasteiger partial charge in [0.25, 0.3) is 5.56 Å². The van der Waals surface area contributed by atoms with Gasteiger partial charge in [0.05, 0.1) is 7.05 Å². The van der Waals surface area contributed by atoms with E-state index in [2.05, 4.69) is 9.97 Å². The Kier molecular flexibility index (Phi) is 3.46. The summed E-state index contributed by atoms with van der Waals surface area (Å²) in [5.41, 5.74) is 1.33. The molecule has 0 spiro atoms. The van der Waals surface area contributed by atoms with Crippen molar-refractivity contribution < 1.29 is 13.7 Å². The lowest BCUT2D eigenvalue weighted by molar-refractivity contribution is -0.909. The normalized spacial score (nSPS) is 12.9. The zero-order valence-electron chi connectivity index (χ0n) is 13.6. The van der Waals surface area contributed by atoms with Gasteiger partial charge in [0, 0.05) is 5.39 Å². The second kappa shape index (κ2) is 5.65. The zero-order chi connectivity index (χ0) is 16.7. The fourth-order valence-corrected chi connectivity index (χ4v) is 2.96.